The molecule has 12 heavy (non-hydrogen) atoms. The van der Waals surface area contributed by atoms with Gasteiger partial charge in [0.2, 0.25) is 0 Å². The second kappa shape index (κ2) is 3.92. The molecule has 0 aromatic rings. The van der Waals surface area contributed by atoms with Gasteiger partial charge in [-0.3, -0.25) is 4.99 Å². The van der Waals surface area contributed by atoms with Crippen molar-refractivity contribution in [1.29, 1.82) is 0 Å². The number of amidine groups is 1. The van der Waals surface area contributed by atoms with Crippen molar-refractivity contribution in [3.8, 4) is 0 Å². The van der Waals surface area contributed by atoms with Gasteiger partial charge in [-0.1, -0.05) is 0 Å². The molecule has 0 aromatic heterocycles. The molecule has 0 aromatic carbocycles. The second-order valence-electron chi connectivity index (χ2n) is 3.80. The number of hydrogen-bond donors (Lipinski definition) is 0. The van der Waals surface area contributed by atoms with E-state index in [1.165, 1.54) is 57.5 Å². The van der Waals surface area contributed by atoms with Gasteiger partial charge in [0.15, 0.2) is 0 Å². The molecule has 0 unspecified atom stereocenters. The van der Waals surface area contributed by atoms with Crippen LogP contribution in [0.5, 0.6) is 0 Å². The normalized spacial score (nSPS) is 29.7. The monoisotopic (exact) mass is 166 g/mol. The molecule has 1 fully saturated rings. The molecule has 0 bridgehead atoms. The Kier molecular flexibility index (Phi) is 2.64. The standard InChI is InChI=1S/C10H18N2/c1-3-7-11-10-6-2-5-9-12(10)8-4-1/h1-9H2/b11-10-. The SMILES string of the molecule is C1CC/N=C2/CCCCN2CC1. The maximum absolute atomic E-state index is 4.65. The van der Waals surface area contributed by atoms with Crippen LogP contribution in [-0.4, -0.2) is 30.4 Å². The van der Waals surface area contributed by atoms with E-state index >= 15 is 0 Å². The van der Waals surface area contributed by atoms with E-state index in [1.54, 1.807) is 0 Å². The highest BCUT2D eigenvalue weighted by molar-refractivity contribution is 5.82. The van der Waals surface area contributed by atoms with Gasteiger partial charge in [0.05, 0.1) is 5.84 Å². The maximum Gasteiger partial charge on any atom is 0.0988 e. The number of piperidine rings is 1. The summed E-state index contributed by atoms with van der Waals surface area (Å²) in [4.78, 5) is 7.15. The number of fused-ring (bicyclic) bond motifs is 1. The minimum atomic E-state index is 1.08. The molecule has 0 radical (unpaired) electrons. The summed E-state index contributed by atoms with van der Waals surface area (Å²) in [7, 11) is 0. The van der Waals surface area contributed by atoms with Gasteiger partial charge in [0.1, 0.15) is 0 Å². The predicted molar refractivity (Wildman–Crippen MR) is 51.6 cm³/mol. The number of hydrogen-bond acceptors (Lipinski definition) is 2. The fourth-order valence-corrected chi connectivity index (χ4v) is 2.09. The second-order valence-corrected chi connectivity index (χ2v) is 3.80. The lowest BCUT2D eigenvalue weighted by Crippen LogP contribution is -2.37. The van der Waals surface area contributed by atoms with Gasteiger partial charge < -0.3 is 4.90 Å². The zero-order valence-electron chi connectivity index (χ0n) is 7.76. The highest BCUT2D eigenvalue weighted by Gasteiger charge is 2.16. The van der Waals surface area contributed by atoms with Gasteiger partial charge in [0.25, 0.3) is 0 Å². The summed E-state index contributed by atoms with van der Waals surface area (Å²) in [6.07, 6.45) is 8.01. The highest BCUT2D eigenvalue weighted by Crippen LogP contribution is 2.15. The van der Waals surface area contributed by atoms with E-state index in [1.807, 2.05) is 0 Å². The minimum Gasteiger partial charge on any atom is -0.360 e. The van der Waals surface area contributed by atoms with E-state index < -0.39 is 0 Å². The Morgan fingerprint density at radius 1 is 0.917 bits per heavy atom. The Labute approximate surface area is 74.7 Å². The molecule has 2 nitrogen and oxygen atoms in total. The molecular formula is C10H18N2. The molecular weight excluding hydrogens is 148 g/mol. The fourth-order valence-electron chi connectivity index (χ4n) is 2.09. The van der Waals surface area contributed by atoms with E-state index in [2.05, 4.69) is 9.89 Å². The average Bonchev–Trinajstić information content (AvgIpc) is 2.06. The van der Waals surface area contributed by atoms with E-state index in [0.29, 0.717) is 0 Å². The molecule has 2 rings (SSSR count). The molecule has 2 heteroatoms. The van der Waals surface area contributed by atoms with Crippen LogP contribution in [0.2, 0.25) is 0 Å². The first kappa shape index (κ1) is 8.09. The van der Waals surface area contributed by atoms with E-state index in [9.17, 15) is 0 Å². The van der Waals surface area contributed by atoms with Crippen molar-refractivity contribution in [2.75, 3.05) is 19.6 Å². The Bertz CT molecular complexity index is 175. The number of aliphatic imine (C=N–C) groups is 1. The average molecular weight is 166 g/mol. The minimum absolute atomic E-state index is 1.08. The van der Waals surface area contributed by atoms with Crippen LogP contribution >= 0.6 is 0 Å². The first-order valence-corrected chi connectivity index (χ1v) is 5.25. The molecule has 0 aliphatic carbocycles. The van der Waals surface area contributed by atoms with E-state index in [0.717, 1.165) is 6.54 Å². The first-order valence-electron chi connectivity index (χ1n) is 5.25. The summed E-state index contributed by atoms with van der Waals surface area (Å²) in [6, 6.07) is 0. The molecule has 2 aliphatic rings. The number of rotatable bonds is 0. The third kappa shape index (κ3) is 1.79. The molecule has 0 amide bonds. The van der Waals surface area contributed by atoms with Crippen LogP contribution in [0, 0.1) is 0 Å². The molecule has 0 spiro atoms. The largest absolute Gasteiger partial charge is 0.360 e. The van der Waals surface area contributed by atoms with Gasteiger partial charge in [-0.2, -0.15) is 0 Å². The van der Waals surface area contributed by atoms with Gasteiger partial charge in [-0.05, 0) is 32.1 Å². The van der Waals surface area contributed by atoms with Crippen molar-refractivity contribution in [2.45, 2.75) is 38.5 Å². The smallest absolute Gasteiger partial charge is 0.0988 e. The predicted octanol–water partition coefficient (Wildman–Crippen LogP) is 2.05. The Hall–Kier alpha value is -0.530. The van der Waals surface area contributed by atoms with Crippen LogP contribution in [-0.2, 0) is 0 Å². The van der Waals surface area contributed by atoms with Gasteiger partial charge >= 0.3 is 0 Å². The van der Waals surface area contributed by atoms with Crippen molar-refractivity contribution in [2.24, 2.45) is 4.99 Å². The van der Waals surface area contributed by atoms with Crippen molar-refractivity contribution in [3.05, 3.63) is 0 Å². The van der Waals surface area contributed by atoms with Crippen LogP contribution < -0.4 is 0 Å². The van der Waals surface area contributed by atoms with Crippen molar-refractivity contribution in [1.82, 2.24) is 4.90 Å². The molecule has 0 saturated carbocycles. The quantitative estimate of drug-likeness (QED) is 0.538. The lowest BCUT2D eigenvalue weighted by molar-refractivity contribution is 0.351. The van der Waals surface area contributed by atoms with Crippen LogP contribution in [0.1, 0.15) is 38.5 Å². The highest BCUT2D eigenvalue weighted by atomic mass is 15.2. The van der Waals surface area contributed by atoms with Crippen LogP contribution in [0.15, 0.2) is 4.99 Å². The summed E-state index contributed by atoms with van der Waals surface area (Å²) < 4.78 is 0. The third-order valence-corrected chi connectivity index (χ3v) is 2.82. The van der Waals surface area contributed by atoms with Crippen LogP contribution in [0.3, 0.4) is 0 Å². The molecule has 2 aliphatic heterocycles. The summed E-state index contributed by atoms with van der Waals surface area (Å²) >= 11 is 0. The van der Waals surface area contributed by atoms with Gasteiger partial charge in [-0.25, -0.2) is 0 Å². The Morgan fingerprint density at radius 3 is 2.67 bits per heavy atom. The topological polar surface area (TPSA) is 15.6 Å². The Balaban J connectivity index is 2.03. The summed E-state index contributed by atoms with van der Waals surface area (Å²) in [6.45, 7) is 3.60. The summed E-state index contributed by atoms with van der Waals surface area (Å²) in [5.41, 5.74) is 0. The molecule has 0 N–H and O–H groups in total. The van der Waals surface area contributed by atoms with Crippen LogP contribution in [0.4, 0.5) is 0 Å². The third-order valence-electron chi connectivity index (χ3n) is 2.82. The van der Waals surface area contributed by atoms with E-state index in [4.69, 9.17) is 0 Å². The molecule has 1 saturated heterocycles. The summed E-state index contributed by atoms with van der Waals surface area (Å²) in [5, 5.41) is 0. The molecule has 2 heterocycles. The zero-order valence-corrected chi connectivity index (χ0v) is 7.76. The Morgan fingerprint density at radius 2 is 1.75 bits per heavy atom. The lowest BCUT2D eigenvalue weighted by atomic mass is 10.1. The van der Waals surface area contributed by atoms with E-state index in [-0.39, 0.29) is 0 Å². The molecule has 68 valence electrons. The maximum atomic E-state index is 4.65. The van der Waals surface area contributed by atoms with Crippen LogP contribution in [0.25, 0.3) is 0 Å². The fraction of sp³-hybridized carbons (Fsp3) is 0.900. The lowest BCUT2D eigenvalue weighted by Gasteiger charge is -2.31. The first-order chi connectivity index (χ1) is 5.97. The van der Waals surface area contributed by atoms with Crippen molar-refractivity contribution >= 4 is 5.84 Å². The van der Waals surface area contributed by atoms with Crippen molar-refractivity contribution in [3.63, 3.8) is 0 Å². The zero-order chi connectivity index (χ0) is 8.23. The number of nitrogens with zero attached hydrogens (tertiary/aromatic N) is 2. The van der Waals surface area contributed by atoms with Gasteiger partial charge in [0, 0.05) is 26.1 Å². The van der Waals surface area contributed by atoms with Crippen molar-refractivity contribution < 1.29 is 0 Å². The summed E-state index contributed by atoms with van der Waals surface area (Å²) in [5.74, 6) is 1.40. The van der Waals surface area contributed by atoms with Gasteiger partial charge in [-0.15, -0.1) is 0 Å². The molecule has 0 atom stereocenters.